The zero-order valence-corrected chi connectivity index (χ0v) is 11.2. The Morgan fingerprint density at radius 3 is 2.89 bits per heavy atom. The van der Waals surface area contributed by atoms with E-state index in [1.165, 1.54) is 12.4 Å². The van der Waals surface area contributed by atoms with Crippen molar-refractivity contribution in [2.24, 2.45) is 0 Å². The van der Waals surface area contributed by atoms with Gasteiger partial charge in [-0.3, -0.25) is 5.10 Å². The lowest BCUT2D eigenvalue weighted by molar-refractivity contribution is 0.580. The van der Waals surface area contributed by atoms with Gasteiger partial charge in [-0.1, -0.05) is 6.07 Å². The maximum atomic E-state index is 12.1. The molecule has 19 heavy (non-hydrogen) atoms. The number of hydrogen-bond acceptors (Lipinski definition) is 5. The van der Waals surface area contributed by atoms with Crippen molar-refractivity contribution in [2.75, 3.05) is 12.3 Å². The van der Waals surface area contributed by atoms with Gasteiger partial charge in [0, 0.05) is 18.7 Å². The molecule has 4 N–H and O–H groups in total. The summed E-state index contributed by atoms with van der Waals surface area (Å²) in [5.41, 5.74) is 6.71. The molecule has 0 bridgehead atoms. The third-order valence-electron chi connectivity index (χ3n) is 2.73. The Labute approximate surface area is 111 Å². The Morgan fingerprint density at radius 2 is 2.21 bits per heavy atom. The number of nitrogen functional groups attached to an aromatic ring is 1. The maximum absolute atomic E-state index is 12.1. The van der Waals surface area contributed by atoms with Crippen molar-refractivity contribution >= 4 is 15.7 Å². The molecule has 1 aromatic heterocycles. The number of sulfonamides is 1. The van der Waals surface area contributed by atoms with Crippen LogP contribution in [0.3, 0.4) is 0 Å². The third-order valence-corrected chi connectivity index (χ3v) is 4.34. The first-order valence-corrected chi connectivity index (χ1v) is 7.18. The van der Waals surface area contributed by atoms with Crippen LogP contribution in [-0.2, 0) is 16.4 Å². The fraction of sp³-hybridized carbons (Fsp3) is 0.273. The molecule has 0 aliphatic heterocycles. The maximum Gasteiger partial charge on any atom is 0.240 e. The number of H-pyrrole nitrogens is 1. The van der Waals surface area contributed by atoms with Gasteiger partial charge in [0.15, 0.2) is 0 Å². The summed E-state index contributed by atoms with van der Waals surface area (Å²) in [7, 11) is -3.56. The smallest absolute Gasteiger partial charge is 0.240 e. The summed E-state index contributed by atoms with van der Waals surface area (Å²) in [4.78, 5) is 4.12. The summed E-state index contributed by atoms with van der Waals surface area (Å²) >= 11 is 0. The molecule has 0 aliphatic rings. The monoisotopic (exact) mass is 281 g/mol. The highest BCUT2D eigenvalue weighted by molar-refractivity contribution is 7.89. The van der Waals surface area contributed by atoms with Gasteiger partial charge >= 0.3 is 0 Å². The van der Waals surface area contributed by atoms with E-state index in [1.54, 1.807) is 19.1 Å². The molecule has 2 rings (SSSR count). The molecule has 7 nitrogen and oxygen atoms in total. The third kappa shape index (κ3) is 3.09. The van der Waals surface area contributed by atoms with Crippen molar-refractivity contribution in [3.05, 3.63) is 35.9 Å². The van der Waals surface area contributed by atoms with Gasteiger partial charge in [-0.2, -0.15) is 5.10 Å². The molecule has 0 aliphatic carbocycles. The lowest BCUT2D eigenvalue weighted by Gasteiger charge is -2.10. The van der Waals surface area contributed by atoms with Crippen LogP contribution in [0, 0.1) is 6.92 Å². The van der Waals surface area contributed by atoms with E-state index in [9.17, 15) is 8.42 Å². The van der Waals surface area contributed by atoms with Crippen molar-refractivity contribution in [3.63, 3.8) is 0 Å². The Hall–Kier alpha value is -1.93. The summed E-state index contributed by atoms with van der Waals surface area (Å²) in [6.45, 7) is 1.92. The van der Waals surface area contributed by atoms with E-state index in [0.717, 1.165) is 0 Å². The van der Waals surface area contributed by atoms with E-state index in [0.29, 0.717) is 23.5 Å². The lowest BCUT2D eigenvalue weighted by Crippen LogP contribution is -2.27. The second-order valence-corrected chi connectivity index (χ2v) is 5.79. The Morgan fingerprint density at radius 1 is 1.42 bits per heavy atom. The molecular weight excluding hydrogens is 266 g/mol. The number of aromatic nitrogens is 3. The van der Waals surface area contributed by atoms with Crippen LogP contribution in [0.2, 0.25) is 0 Å². The summed E-state index contributed by atoms with van der Waals surface area (Å²) in [5.74, 6) is 0.631. The predicted octanol–water partition coefficient (Wildman–Crippen LogP) is 0.216. The Bertz CT molecular complexity index is 652. The van der Waals surface area contributed by atoms with Crippen LogP contribution < -0.4 is 10.5 Å². The van der Waals surface area contributed by atoms with Crippen LogP contribution in [0.1, 0.15) is 11.4 Å². The normalized spacial score (nSPS) is 11.6. The van der Waals surface area contributed by atoms with E-state index >= 15 is 0 Å². The molecule has 0 saturated heterocycles. The molecule has 2 aromatic rings. The molecule has 8 heteroatoms. The topological polar surface area (TPSA) is 114 Å². The van der Waals surface area contributed by atoms with Crippen LogP contribution in [0.25, 0.3) is 0 Å². The minimum atomic E-state index is -3.56. The quantitative estimate of drug-likeness (QED) is 0.678. The fourth-order valence-corrected chi connectivity index (χ4v) is 2.96. The minimum Gasteiger partial charge on any atom is -0.398 e. The second-order valence-electron chi connectivity index (χ2n) is 4.05. The molecule has 0 atom stereocenters. The van der Waals surface area contributed by atoms with Gasteiger partial charge in [-0.25, -0.2) is 18.1 Å². The van der Waals surface area contributed by atoms with Crippen molar-refractivity contribution in [1.29, 1.82) is 0 Å². The van der Waals surface area contributed by atoms with Crippen LogP contribution in [0.4, 0.5) is 5.69 Å². The molecule has 1 heterocycles. The standard InChI is InChI=1S/C11H15N5O2S/c1-8-9(12)3-2-4-10(8)19(17,18)15-6-5-11-13-7-14-16-11/h2-4,7,15H,5-6,12H2,1H3,(H,13,14,16). The molecule has 0 saturated carbocycles. The van der Waals surface area contributed by atoms with E-state index in [1.807, 2.05) is 0 Å². The predicted molar refractivity (Wildman–Crippen MR) is 70.9 cm³/mol. The lowest BCUT2D eigenvalue weighted by atomic mass is 10.2. The highest BCUT2D eigenvalue weighted by Gasteiger charge is 2.17. The highest BCUT2D eigenvalue weighted by atomic mass is 32.2. The first-order valence-electron chi connectivity index (χ1n) is 5.69. The average Bonchev–Trinajstić information content (AvgIpc) is 2.85. The number of benzene rings is 1. The zero-order valence-electron chi connectivity index (χ0n) is 10.4. The molecule has 0 spiro atoms. The second kappa shape index (κ2) is 5.37. The molecule has 0 unspecified atom stereocenters. The molecule has 102 valence electrons. The summed E-state index contributed by atoms with van der Waals surface area (Å²) in [6.07, 6.45) is 1.83. The number of anilines is 1. The number of hydrogen-bond donors (Lipinski definition) is 3. The van der Waals surface area contributed by atoms with Crippen LogP contribution in [0.5, 0.6) is 0 Å². The molecule has 0 fully saturated rings. The SMILES string of the molecule is Cc1c(N)cccc1S(=O)(=O)NCCc1ncn[nH]1. The van der Waals surface area contributed by atoms with Crippen molar-refractivity contribution in [3.8, 4) is 0 Å². The largest absolute Gasteiger partial charge is 0.398 e. The van der Waals surface area contributed by atoms with Gasteiger partial charge in [0.05, 0.1) is 4.90 Å². The average molecular weight is 281 g/mol. The van der Waals surface area contributed by atoms with Crippen LogP contribution in [-0.4, -0.2) is 30.1 Å². The molecule has 0 amide bonds. The molecule has 0 radical (unpaired) electrons. The van der Waals surface area contributed by atoms with Gasteiger partial charge in [0.2, 0.25) is 10.0 Å². The molecule has 1 aromatic carbocycles. The van der Waals surface area contributed by atoms with E-state index in [2.05, 4.69) is 19.9 Å². The number of nitrogens with two attached hydrogens (primary N) is 1. The Kier molecular flexibility index (Phi) is 3.82. The van der Waals surface area contributed by atoms with Crippen molar-refractivity contribution < 1.29 is 8.42 Å². The van der Waals surface area contributed by atoms with Crippen LogP contribution >= 0.6 is 0 Å². The van der Waals surface area contributed by atoms with Gasteiger partial charge in [-0.05, 0) is 24.6 Å². The number of nitrogens with one attached hydrogen (secondary N) is 2. The van der Waals surface area contributed by atoms with Gasteiger partial charge in [0.25, 0.3) is 0 Å². The fourth-order valence-electron chi connectivity index (χ4n) is 1.66. The van der Waals surface area contributed by atoms with E-state index in [-0.39, 0.29) is 11.4 Å². The zero-order chi connectivity index (χ0) is 13.9. The summed E-state index contributed by atoms with van der Waals surface area (Å²) in [5, 5.41) is 6.36. The van der Waals surface area contributed by atoms with E-state index in [4.69, 9.17) is 5.73 Å². The molecular formula is C11H15N5O2S. The number of aromatic amines is 1. The number of rotatable bonds is 5. The van der Waals surface area contributed by atoms with E-state index < -0.39 is 10.0 Å². The van der Waals surface area contributed by atoms with Crippen molar-refractivity contribution in [2.45, 2.75) is 18.2 Å². The Balaban J connectivity index is 2.08. The first kappa shape index (κ1) is 13.5. The minimum absolute atomic E-state index is 0.199. The van der Waals surface area contributed by atoms with Crippen LogP contribution in [0.15, 0.2) is 29.4 Å². The van der Waals surface area contributed by atoms with Gasteiger partial charge < -0.3 is 5.73 Å². The highest BCUT2D eigenvalue weighted by Crippen LogP contribution is 2.19. The van der Waals surface area contributed by atoms with Crippen molar-refractivity contribution in [1.82, 2.24) is 19.9 Å². The summed E-state index contributed by atoms with van der Waals surface area (Å²) in [6, 6.07) is 4.82. The number of nitrogens with zero attached hydrogens (tertiary/aromatic N) is 2. The summed E-state index contributed by atoms with van der Waals surface area (Å²) < 4.78 is 26.8. The first-order chi connectivity index (χ1) is 9.00. The van der Waals surface area contributed by atoms with Gasteiger partial charge in [-0.15, -0.1) is 0 Å². The van der Waals surface area contributed by atoms with Gasteiger partial charge in [0.1, 0.15) is 12.2 Å².